The molecule has 1 amide bonds. The molecule has 0 spiro atoms. The van der Waals surface area contributed by atoms with Gasteiger partial charge in [-0.05, 0) is 89.9 Å². The fourth-order valence-corrected chi connectivity index (χ4v) is 9.21. The van der Waals surface area contributed by atoms with Crippen molar-refractivity contribution in [2.75, 3.05) is 6.61 Å². The summed E-state index contributed by atoms with van der Waals surface area (Å²) in [6, 6.07) is -0.561. The van der Waals surface area contributed by atoms with Crippen molar-refractivity contribution < 1.29 is 15.0 Å². The minimum atomic E-state index is -0.681. The van der Waals surface area contributed by atoms with Crippen LogP contribution >= 0.6 is 0 Å². The molecule has 0 heterocycles. The summed E-state index contributed by atoms with van der Waals surface area (Å²) in [4.78, 5) is 12.5. The number of carbonyl (C=O) groups excluding carboxylic acids is 1. The Morgan fingerprint density at radius 3 is 0.892 bits per heavy atom. The molecule has 2 unspecified atom stereocenters. The maximum absolute atomic E-state index is 12.5. The van der Waals surface area contributed by atoms with Crippen molar-refractivity contribution in [2.24, 2.45) is 0 Å². The Kier molecular flexibility index (Phi) is 61.3. The van der Waals surface area contributed by atoms with E-state index in [1.807, 2.05) is 0 Å². The van der Waals surface area contributed by atoms with E-state index in [1.54, 1.807) is 0 Å². The van der Waals surface area contributed by atoms with E-state index in [4.69, 9.17) is 0 Å². The molecule has 0 saturated carbocycles. The third-order valence-electron chi connectivity index (χ3n) is 14.0. The first kappa shape index (κ1) is 70.8. The van der Waals surface area contributed by atoms with Crippen molar-refractivity contribution >= 4 is 5.91 Å². The number of unbranched alkanes of at least 4 members (excludes halogenated alkanes) is 30. The number of aliphatic hydroxyl groups is 2. The number of amides is 1. The molecule has 0 saturated heterocycles. The van der Waals surface area contributed by atoms with E-state index in [1.165, 1.54) is 161 Å². The zero-order chi connectivity index (χ0) is 53.4. The van der Waals surface area contributed by atoms with Crippen LogP contribution in [-0.2, 0) is 4.79 Å². The van der Waals surface area contributed by atoms with E-state index in [2.05, 4.69) is 141 Å². The molecule has 0 fully saturated rings. The third kappa shape index (κ3) is 59.7. The van der Waals surface area contributed by atoms with Crippen molar-refractivity contribution in [3.05, 3.63) is 122 Å². The van der Waals surface area contributed by atoms with Crippen LogP contribution in [0.4, 0.5) is 0 Å². The second-order valence-corrected chi connectivity index (χ2v) is 21.1. The van der Waals surface area contributed by atoms with Crippen LogP contribution in [0.25, 0.3) is 0 Å². The summed E-state index contributed by atoms with van der Waals surface area (Å²) in [7, 11) is 0. The van der Waals surface area contributed by atoms with Gasteiger partial charge in [-0.1, -0.05) is 322 Å². The zero-order valence-electron chi connectivity index (χ0n) is 48.8. The molecule has 0 aliphatic rings. The van der Waals surface area contributed by atoms with Gasteiger partial charge in [0.1, 0.15) is 0 Å². The second-order valence-electron chi connectivity index (χ2n) is 21.1. The highest BCUT2D eigenvalue weighted by atomic mass is 16.3. The van der Waals surface area contributed by atoms with Gasteiger partial charge < -0.3 is 15.5 Å². The monoisotopic (exact) mass is 1020 g/mol. The summed E-state index contributed by atoms with van der Waals surface area (Å²) in [6.45, 7) is 4.25. The predicted octanol–water partition coefficient (Wildman–Crippen LogP) is 21.6. The maximum atomic E-state index is 12.5. The molecule has 0 radical (unpaired) electrons. The van der Waals surface area contributed by atoms with Gasteiger partial charge in [-0.3, -0.25) is 4.79 Å². The Hall–Kier alpha value is -3.21. The Labute approximate surface area is 460 Å². The van der Waals surface area contributed by atoms with Crippen LogP contribution < -0.4 is 5.32 Å². The van der Waals surface area contributed by atoms with Crippen LogP contribution in [0.3, 0.4) is 0 Å². The highest BCUT2D eigenvalue weighted by molar-refractivity contribution is 5.76. The molecule has 0 aliphatic carbocycles. The zero-order valence-corrected chi connectivity index (χ0v) is 48.8. The van der Waals surface area contributed by atoms with Gasteiger partial charge in [-0.2, -0.15) is 0 Å². The van der Waals surface area contributed by atoms with Crippen molar-refractivity contribution in [3.8, 4) is 0 Å². The van der Waals surface area contributed by atoms with E-state index in [-0.39, 0.29) is 12.5 Å². The molecule has 4 nitrogen and oxygen atoms in total. The first-order valence-electron chi connectivity index (χ1n) is 31.7. The smallest absolute Gasteiger partial charge is 0.220 e. The lowest BCUT2D eigenvalue weighted by atomic mass is 10.0. The Morgan fingerprint density at radius 2 is 0.595 bits per heavy atom. The molecule has 0 aliphatic heterocycles. The van der Waals surface area contributed by atoms with Crippen LogP contribution in [0.2, 0.25) is 0 Å². The number of rotatable bonds is 57. The standard InChI is InChI=1S/C70H121NO3/c1-3-5-7-9-11-13-15-17-19-21-23-25-27-29-31-32-33-34-35-36-37-38-40-42-44-46-48-50-52-54-56-58-60-62-64-66-70(74)71-68(67-72)69(73)65-63-61-59-57-55-53-51-49-47-45-43-41-39-30-28-26-24-22-20-18-16-14-12-10-8-6-4-2/h5,7,11,13,17,19,23,25,29,31,33-34,36-37,40,42,46,48,52,54,68-69,72-73H,3-4,6,8-10,12,14-16,18,20-22,24,26-28,30,32,35,38-39,41,43-45,47,49-51,53,55-67H2,1-2H3,(H,71,74)/b7-5-,13-11-,19-17-,25-23-,31-29-,34-33-,37-36-,42-40-,48-46-,54-52-. The molecule has 74 heavy (non-hydrogen) atoms. The van der Waals surface area contributed by atoms with E-state index in [9.17, 15) is 15.0 Å². The minimum Gasteiger partial charge on any atom is -0.394 e. The molecular weight excluding hydrogens is 903 g/mol. The first-order chi connectivity index (χ1) is 36.7. The molecule has 0 bridgehead atoms. The average molecular weight is 1020 g/mol. The van der Waals surface area contributed by atoms with Crippen molar-refractivity contribution in [1.29, 1.82) is 0 Å². The highest BCUT2D eigenvalue weighted by Crippen LogP contribution is 2.17. The second kappa shape index (κ2) is 64.1. The van der Waals surface area contributed by atoms with Crippen molar-refractivity contribution in [1.82, 2.24) is 5.32 Å². The van der Waals surface area contributed by atoms with Gasteiger partial charge >= 0.3 is 0 Å². The Morgan fingerprint density at radius 1 is 0.338 bits per heavy atom. The van der Waals surface area contributed by atoms with E-state index in [0.29, 0.717) is 12.8 Å². The summed E-state index contributed by atoms with van der Waals surface area (Å²) < 4.78 is 0. The number of hydrogen-bond donors (Lipinski definition) is 3. The molecule has 424 valence electrons. The van der Waals surface area contributed by atoms with Gasteiger partial charge in [0.15, 0.2) is 0 Å². The normalized spacial score (nSPS) is 13.6. The number of aliphatic hydroxyl groups excluding tert-OH is 2. The highest BCUT2D eigenvalue weighted by Gasteiger charge is 2.20. The first-order valence-corrected chi connectivity index (χ1v) is 31.7. The Balaban J connectivity index is 3.59. The molecule has 4 heteroatoms. The van der Waals surface area contributed by atoms with Gasteiger partial charge in [-0.25, -0.2) is 0 Å². The summed E-state index contributed by atoms with van der Waals surface area (Å²) >= 11 is 0. The van der Waals surface area contributed by atoms with Gasteiger partial charge in [-0.15, -0.1) is 0 Å². The van der Waals surface area contributed by atoms with Crippen LogP contribution in [0.15, 0.2) is 122 Å². The summed E-state index contributed by atoms with van der Waals surface area (Å²) in [5, 5.41) is 23.4. The minimum absolute atomic E-state index is 0.0573. The van der Waals surface area contributed by atoms with Crippen LogP contribution in [-0.4, -0.2) is 34.9 Å². The van der Waals surface area contributed by atoms with Crippen LogP contribution in [0.1, 0.15) is 296 Å². The SMILES string of the molecule is CC/C=C\C/C=C\C/C=C\C/C=C\C/C=C\C/C=C\C/C=C\C/C=C\C/C=C\C/C=C\CCCCCCC(=O)NC(CO)C(O)CCCCCCCCCCCCCCCCCCCCCCCCCCCCC. The molecule has 2 atom stereocenters. The number of nitrogens with one attached hydrogen (secondary N) is 1. The molecule has 0 aromatic rings. The van der Waals surface area contributed by atoms with Crippen LogP contribution in [0, 0.1) is 0 Å². The van der Waals surface area contributed by atoms with Crippen LogP contribution in [0.5, 0.6) is 0 Å². The third-order valence-corrected chi connectivity index (χ3v) is 14.0. The molecule has 3 N–H and O–H groups in total. The number of allylic oxidation sites excluding steroid dienone is 20. The molecular formula is C70H121NO3. The molecule has 0 rings (SSSR count). The Bertz CT molecular complexity index is 1440. The quantitative estimate of drug-likeness (QED) is 0.0420. The fourth-order valence-electron chi connectivity index (χ4n) is 9.21. The van der Waals surface area contributed by atoms with E-state index >= 15 is 0 Å². The molecule has 0 aromatic carbocycles. The summed E-state index contributed by atoms with van der Waals surface area (Å²) in [5.74, 6) is -0.0573. The van der Waals surface area contributed by atoms with Gasteiger partial charge in [0.25, 0.3) is 0 Å². The summed E-state index contributed by atoms with van der Waals surface area (Å²) in [6.07, 6.45) is 97.8. The predicted molar refractivity (Wildman–Crippen MR) is 331 cm³/mol. The largest absolute Gasteiger partial charge is 0.394 e. The average Bonchev–Trinajstić information content (AvgIpc) is 3.40. The van der Waals surface area contributed by atoms with Gasteiger partial charge in [0, 0.05) is 6.42 Å². The van der Waals surface area contributed by atoms with Gasteiger partial charge in [0.2, 0.25) is 5.91 Å². The summed E-state index contributed by atoms with van der Waals surface area (Å²) in [5.41, 5.74) is 0. The lowest BCUT2D eigenvalue weighted by Gasteiger charge is -2.22. The van der Waals surface area contributed by atoms with Crippen molar-refractivity contribution in [2.45, 2.75) is 309 Å². The fraction of sp³-hybridized carbons (Fsp3) is 0.700. The molecule has 0 aromatic heterocycles. The number of hydrogen-bond acceptors (Lipinski definition) is 3. The van der Waals surface area contributed by atoms with Crippen molar-refractivity contribution in [3.63, 3.8) is 0 Å². The van der Waals surface area contributed by atoms with Gasteiger partial charge in [0.05, 0.1) is 18.8 Å². The topological polar surface area (TPSA) is 69.6 Å². The van der Waals surface area contributed by atoms with E-state index in [0.717, 1.165) is 109 Å². The van der Waals surface area contributed by atoms with E-state index < -0.39 is 12.1 Å². The lowest BCUT2D eigenvalue weighted by Crippen LogP contribution is -2.45. The number of carbonyl (C=O) groups is 1. The lowest BCUT2D eigenvalue weighted by molar-refractivity contribution is -0.123. The maximum Gasteiger partial charge on any atom is 0.220 e.